The maximum Gasteiger partial charge on any atom is 0.0772 e. The van der Waals surface area contributed by atoms with E-state index in [-0.39, 0.29) is 5.60 Å². The fourth-order valence-corrected chi connectivity index (χ4v) is 3.38. The van der Waals surface area contributed by atoms with Crippen LogP contribution in [0.5, 0.6) is 0 Å². The van der Waals surface area contributed by atoms with Crippen molar-refractivity contribution >= 4 is 0 Å². The Morgan fingerprint density at radius 1 is 0.864 bits per heavy atom. The highest BCUT2D eigenvalue weighted by Gasteiger charge is 2.27. The topological polar surface area (TPSA) is 35.5 Å². The van der Waals surface area contributed by atoms with Crippen LogP contribution in [0.4, 0.5) is 0 Å². The third kappa shape index (κ3) is 9.81. The zero-order chi connectivity index (χ0) is 16.1. The molecule has 1 rings (SSSR count). The van der Waals surface area contributed by atoms with Gasteiger partial charge in [-0.15, -0.1) is 0 Å². The second kappa shape index (κ2) is 12.3. The summed E-state index contributed by atoms with van der Waals surface area (Å²) < 4.78 is 5.79. The number of ether oxygens (including phenoxy) is 1. The average molecular weight is 313 g/mol. The van der Waals surface area contributed by atoms with Gasteiger partial charge in [0.15, 0.2) is 0 Å². The van der Waals surface area contributed by atoms with Crippen LogP contribution in [-0.4, -0.2) is 30.4 Å². The Morgan fingerprint density at radius 3 is 1.86 bits per heavy atom. The lowest BCUT2D eigenvalue weighted by atomic mass is 9.96. The molecule has 0 saturated carbocycles. The molecule has 0 bridgehead atoms. The van der Waals surface area contributed by atoms with E-state index >= 15 is 0 Å². The highest BCUT2D eigenvalue weighted by molar-refractivity contribution is 4.83. The molecule has 3 nitrogen and oxygen atoms in total. The molecule has 0 amide bonds. The Kier molecular flexibility index (Phi) is 11.2. The van der Waals surface area contributed by atoms with Crippen molar-refractivity contribution in [1.29, 1.82) is 0 Å². The number of morpholine rings is 1. The first-order chi connectivity index (χ1) is 10.7. The summed E-state index contributed by atoms with van der Waals surface area (Å²) in [6, 6.07) is 0. The summed E-state index contributed by atoms with van der Waals surface area (Å²) in [7, 11) is 0. The van der Waals surface area contributed by atoms with E-state index < -0.39 is 0 Å². The SMILES string of the molecule is CCCCCCCCCCCCCCC1(C)CN([O-])CCO1. The largest absolute Gasteiger partial charge is 0.785 e. The molecule has 0 radical (unpaired) electrons. The van der Waals surface area contributed by atoms with Gasteiger partial charge >= 0.3 is 0 Å². The van der Waals surface area contributed by atoms with Crippen molar-refractivity contribution in [2.75, 3.05) is 19.7 Å². The number of unbranched alkanes of at least 4 members (excludes halogenated alkanes) is 11. The van der Waals surface area contributed by atoms with Crippen LogP contribution in [-0.2, 0) is 4.74 Å². The molecule has 1 heterocycles. The molecule has 3 heteroatoms. The fourth-order valence-electron chi connectivity index (χ4n) is 3.38. The predicted molar refractivity (Wildman–Crippen MR) is 95.0 cm³/mol. The quantitative estimate of drug-likeness (QED) is 0.411. The molecule has 0 aliphatic carbocycles. The molecule has 0 aromatic carbocycles. The van der Waals surface area contributed by atoms with Crippen molar-refractivity contribution in [2.45, 2.75) is 103 Å². The highest BCUT2D eigenvalue weighted by atomic mass is 16.5. The summed E-state index contributed by atoms with van der Waals surface area (Å²) in [4.78, 5) is 0. The Labute approximate surface area is 138 Å². The first-order valence-electron chi connectivity index (χ1n) is 9.72. The van der Waals surface area contributed by atoms with Gasteiger partial charge in [-0.2, -0.15) is 0 Å². The van der Waals surface area contributed by atoms with Crippen LogP contribution in [0.1, 0.15) is 97.3 Å². The zero-order valence-corrected chi connectivity index (χ0v) is 15.1. The van der Waals surface area contributed by atoms with Gasteiger partial charge in [0.05, 0.1) is 12.2 Å². The molecule has 132 valence electrons. The van der Waals surface area contributed by atoms with E-state index in [4.69, 9.17) is 4.74 Å². The molecule has 0 spiro atoms. The van der Waals surface area contributed by atoms with E-state index in [0.29, 0.717) is 19.7 Å². The smallest absolute Gasteiger partial charge is 0.0772 e. The molecule has 1 aliphatic heterocycles. The zero-order valence-electron chi connectivity index (χ0n) is 15.1. The van der Waals surface area contributed by atoms with E-state index in [9.17, 15) is 5.21 Å². The van der Waals surface area contributed by atoms with Gasteiger partial charge in [0.2, 0.25) is 0 Å². The van der Waals surface area contributed by atoms with E-state index in [1.54, 1.807) is 0 Å². The number of hydroxylamine groups is 2. The molecule has 0 aromatic rings. The third-order valence-electron chi connectivity index (χ3n) is 4.86. The van der Waals surface area contributed by atoms with E-state index in [2.05, 4.69) is 13.8 Å². The van der Waals surface area contributed by atoms with Gasteiger partial charge in [0.1, 0.15) is 0 Å². The normalized spacial score (nSPS) is 23.0. The summed E-state index contributed by atoms with van der Waals surface area (Å²) in [5.41, 5.74) is -0.196. The van der Waals surface area contributed by atoms with Crippen LogP contribution < -0.4 is 0 Å². The molecule has 1 fully saturated rings. The highest BCUT2D eigenvalue weighted by Crippen LogP contribution is 2.24. The maximum absolute atomic E-state index is 11.4. The van der Waals surface area contributed by atoms with Gasteiger partial charge in [-0.3, -0.25) is 0 Å². The van der Waals surface area contributed by atoms with Crippen molar-refractivity contribution in [1.82, 2.24) is 5.06 Å². The number of rotatable bonds is 13. The Hall–Kier alpha value is -0.120. The summed E-state index contributed by atoms with van der Waals surface area (Å²) in [5.74, 6) is 0. The second-order valence-corrected chi connectivity index (χ2v) is 7.30. The lowest BCUT2D eigenvalue weighted by Gasteiger charge is -2.44. The van der Waals surface area contributed by atoms with Crippen molar-refractivity contribution in [3.05, 3.63) is 5.21 Å². The van der Waals surface area contributed by atoms with Gasteiger partial charge in [-0.05, 0) is 13.3 Å². The fraction of sp³-hybridized carbons (Fsp3) is 1.00. The second-order valence-electron chi connectivity index (χ2n) is 7.30. The van der Waals surface area contributed by atoms with Crippen LogP contribution in [0, 0.1) is 5.21 Å². The van der Waals surface area contributed by atoms with Crippen molar-refractivity contribution in [2.24, 2.45) is 0 Å². The van der Waals surface area contributed by atoms with Gasteiger partial charge in [0.25, 0.3) is 0 Å². The standard InChI is InChI=1S/C19H38NO2/c1-3-4-5-6-7-8-9-10-11-12-13-14-15-19(2)18-20(21)16-17-22-19/h3-18H2,1-2H3/q-1. The van der Waals surface area contributed by atoms with Crippen molar-refractivity contribution < 1.29 is 4.74 Å². The van der Waals surface area contributed by atoms with Crippen LogP contribution in [0.25, 0.3) is 0 Å². The van der Waals surface area contributed by atoms with E-state index in [1.807, 2.05) is 0 Å². The van der Waals surface area contributed by atoms with Gasteiger partial charge in [0, 0.05) is 13.1 Å². The molecule has 1 unspecified atom stereocenters. The molecule has 1 saturated heterocycles. The molecule has 0 N–H and O–H groups in total. The van der Waals surface area contributed by atoms with E-state index in [1.165, 1.54) is 77.0 Å². The van der Waals surface area contributed by atoms with Crippen molar-refractivity contribution in [3.8, 4) is 0 Å². The molecular formula is C19H38NO2-. The van der Waals surface area contributed by atoms with Crippen LogP contribution in [0.15, 0.2) is 0 Å². The lowest BCUT2D eigenvalue weighted by Crippen LogP contribution is -2.47. The Balaban J connectivity index is 1.83. The summed E-state index contributed by atoms with van der Waals surface area (Å²) in [5, 5.41) is 12.6. The maximum atomic E-state index is 11.4. The first-order valence-corrected chi connectivity index (χ1v) is 9.72. The minimum Gasteiger partial charge on any atom is -0.785 e. The monoisotopic (exact) mass is 312 g/mol. The van der Waals surface area contributed by atoms with Gasteiger partial charge < -0.3 is 15.0 Å². The average Bonchev–Trinajstić information content (AvgIpc) is 2.48. The van der Waals surface area contributed by atoms with Crippen LogP contribution in [0.2, 0.25) is 0 Å². The van der Waals surface area contributed by atoms with E-state index in [0.717, 1.165) is 11.5 Å². The molecule has 1 aliphatic rings. The van der Waals surface area contributed by atoms with Crippen LogP contribution in [0.3, 0.4) is 0 Å². The Bertz CT molecular complexity index is 260. The number of nitrogens with zero attached hydrogens (tertiary/aromatic N) is 1. The van der Waals surface area contributed by atoms with Crippen molar-refractivity contribution in [3.63, 3.8) is 0 Å². The Morgan fingerprint density at radius 2 is 1.36 bits per heavy atom. The molecule has 1 atom stereocenters. The molecule has 0 aromatic heterocycles. The minimum absolute atomic E-state index is 0.196. The first kappa shape index (κ1) is 19.9. The van der Waals surface area contributed by atoms with Crippen LogP contribution >= 0.6 is 0 Å². The molecular weight excluding hydrogens is 274 g/mol. The van der Waals surface area contributed by atoms with Gasteiger partial charge in [-0.1, -0.05) is 84.0 Å². The minimum atomic E-state index is -0.196. The lowest BCUT2D eigenvalue weighted by molar-refractivity contribution is -0.0912. The summed E-state index contributed by atoms with van der Waals surface area (Å²) in [6.07, 6.45) is 17.5. The summed E-state index contributed by atoms with van der Waals surface area (Å²) >= 11 is 0. The predicted octanol–water partition coefficient (Wildman–Crippen LogP) is 5.67. The molecule has 22 heavy (non-hydrogen) atoms. The summed E-state index contributed by atoms with van der Waals surface area (Å²) in [6.45, 7) is 6.05. The number of hydrogen-bond donors (Lipinski definition) is 0. The number of hydrogen-bond acceptors (Lipinski definition) is 3. The third-order valence-corrected chi connectivity index (χ3v) is 4.86. The van der Waals surface area contributed by atoms with Gasteiger partial charge in [-0.25, -0.2) is 0 Å².